The lowest BCUT2D eigenvalue weighted by Crippen LogP contribution is -2.25. The zero-order chi connectivity index (χ0) is 23.5. The lowest BCUT2D eigenvalue weighted by Gasteiger charge is -2.29. The van der Waals surface area contributed by atoms with Gasteiger partial charge >= 0.3 is 0 Å². The molecule has 176 valence electrons. The van der Waals surface area contributed by atoms with E-state index < -0.39 is 0 Å². The molecule has 2 aromatic carbocycles. The molecule has 7 heteroatoms. The molecule has 0 atom stereocenters. The van der Waals surface area contributed by atoms with E-state index in [0.29, 0.717) is 18.3 Å². The number of hydrogen-bond donors (Lipinski definition) is 1. The standard InChI is InChI=1S/C27H32N6O/c1-32(2)16-19-11-13-21(14-12-19)27-31-24(25-26(28)29-18-30-33(25)27)22-9-6-10-23(15-22)34-17-20-7-4-3-5-8-20/h3-10,15,18-19,21H,11-14,16-17H2,1-2H3,(H2,28,29,30). The molecule has 1 aliphatic rings. The van der Waals surface area contributed by atoms with Crippen molar-refractivity contribution in [3.8, 4) is 17.0 Å². The van der Waals surface area contributed by atoms with Gasteiger partial charge in [0.1, 0.15) is 35.7 Å². The normalized spacial score (nSPS) is 18.4. The van der Waals surface area contributed by atoms with E-state index in [1.807, 2.05) is 47.0 Å². The zero-order valence-electron chi connectivity index (χ0n) is 19.9. The van der Waals surface area contributed by atoms with Crippen LogP contribution in [-0.2, 0) is 6.61 Å². The minimum Gasteiger partial charge on any atom is -0.489 e. The number of imidazole rings is 1. The van der Waals surface area contributed by atoms with E-state index in [2.05, 4.69) is 41.2 Å². The molecule has 0 unspecified atom stereocenters. The molecule has 4 aromatic rings. The molecule has 5 rings (SSSR count). The summed E-state index contributed by atoms with van der Waals surface area (Å²) in [5.41, 5.74) is 10.0. The fraction of sp³-hybridized carbons (Fsp3) is 0.370. The predicted octanol–water partition coefficient (Wildman–Crippen LogP) is 4.79. The average molecular weight is 457 g/mol. The molecule has 1 fully saturated rings. The summed E-state index contributed by atoms with van der Waals surface area (Å²) in [7, 11) is 4.30. The van der Waals surface area contributed by atoms with Gasteiger partial charge < -0.3 is 15.4 Å². The van der Waals surface area contributed by atoms with E-state index in [4.69, 9.17) is 15.5 Å². The molecule has 0 bridgehead atoms. The Kier molecular flexibility index (Phi) is 6.45. The van der Waals surface area contributed by atoms with Crippen molar-refractivity contribution in [2.75, 3.05) is 26.4 Å². The third kappa shape index (κ3) is 4.75. The van der Waals surface area contributed by atoms with Gasteiger partial charge in [0.05, 0.1) is 0 Å². The Bertz CT molecular complexity index is 1240. The molecule has 0 radical (unpaired) electrons. The number of hydrogen-bond acceptors (Lipinski definition) is 6. The van der Waals surface area contributed by atoms with Gasteiger partial charge in [-0.2, -0.15) is 5.10 Å². The van der Waals surface area contributed by atoms with E-state index in [0.717, 1.165) is 59.2 Å². The van der Waals surface area contributed by atoms with E-state index in [1.165, 1.54) is 19.2 Å². The largest absolute Gasteiger partial charge is 0.489 e. The summed E-state index contributed by atoms with van der Waals surface area (Å²) in [6.45, 7) is 1.66. The Morgan fingerprint density at radius 3 is 2.59 bits per heavy atom. The topological polar surface area (TPSA) is 81.6 Å². The van der Waals surface area contributed by atoms with Crippen LogP contribution in [0.5, 0.6) is 5.75 Å². The molecule has 34 heavy (non-hydrogen) atoms. The summed E-state index contributed by atoms with van der Waals surface area (Å²) in [5, 5.41) is 4.55. The Morgan fingerprint density at radius 2 is 1.82 bits per heavy atom. The molecule has 1 saturated carbocycles. The van der Waals surface area contributed by atoms with Gasteiger partial charge in [-0.05, 0) is 63.4 Å². The van der Waals surface area contributed by atoms with Gasteiger partial charge in [-0.15, -0.1) is 0 Å². The van der Waals surface area contributed by atoms with Crippen LogP contribution in [-0.4, -0.2) is 45.1 Å². The van der Waals surface area contributed by atoms with Crippen molar-refractivity contribution < 1.29 is 4.74 Å². The molecule has 0 spiro atoms. The van der Waals surface area contributed by atoms with Crippen LogP contribution in [0.2, 0.25) is 0 Å². The summed E-state index contributed by atoms with van der Waals surface area (Å²) in [6.07, 6.45) is 6.16. The van der Waals surface area contributed by atoms with E-state index in [1.54, 1.807) is 0 Å². The molecule has 0 aliphatic heterocycles. The highest BCUT2D eigenvalue weighted by Gasteiger charge is 2.28. The number of nitrogens with zero attached hydrogens (tertiary/aromatic N) is 5. The Labute approximate surface area is 200 Å². The minimum atomic E-state index is 0.367. The first-order chi connectivity index (χ1) is 16.6. The Hall–Kier alpha value is -3.45. The predicted molar refractivity (Wildman–Crippen MR) is 135 cm³/mol. The number of aromatic nitrogens is 4. The molecule has 2 N–H and O–H groups in total. The summed E-state index contributed by atoms with van der Waals surface area (Å²) in [4.78, 5) is 11.7. The summed E-state index contributed by atoms with van der Waals surface area (Å²) in [5.74, 6) is 3.34. The highest BCUT2D eigenvalue weighted by Crippen LogP contribution is 2.38. The Morgan fingerprint density at radius 1 is 1.03 bits per heavy atom. The number of anilines is 1. The smallest absolute Gasteiger partial charge is 0.153 e. The maximum absolute atomic E-state index is 6.34. The molecule has 1 aliphatic carbocycles. The Balaban J connectivity index is 1.43. The van der Waals surface area contributed by atoms with E-state index >= 15 is 0 Å². The monoisotopic (exact) mass is 456 g/mol. The van der Waals surface area contributed by atoms with Crippen LogP contribution in [0, 0.1) is 5.92 Å². The van der Waals surface area contributed by atoms with Crippen LogP contribution in [0.25, 0.3) is 16.8 Å². The minimum absolute atomic E-state index is 0.367. The summed E-state index contributed by atoms with van der Waals surface area (Å²) in [6, 6.07) is 18.2. The molecule has 0 amide bonds. The number of rotatable bonds is 7. The summed E-state index contributed by atoms with van der Waals surface area (Å²) >= 11 is 0. The van der Waals surface area contributed by atoms with Crippen LogP contribution in [0.1, 0.15) is 43.0 Å². The first-order valence-electron chi connectivity index (χ1n) is 12.0. The van der Waals surface area contributed by atoms with Gasteiger partial charge in [0.25, 0.3) is 0 Å². The average Bonchev–Trinajstić information content (AvgIpc) is 3.25. The van der Waals surface area contributed by atoms with Crippen molar-refractivity contribution >= 4 is 11.3 Å². The third-order valence-electron chi connectivity index (χ3n) is 6.68. The van der Waals surface area contributed by atoms with Crippen LogP contribution in [0.4, 0.5) is 5.82 Å². The van der Waals surface area contributed by atoms with Gasteiger partial charge in [-0.25, -0.2) is 14.5 Å². The van der Waals surface area contributed by atoms with Crippen LogP contribution >= 0.6 is 0 Å². The number of fused-ring (bicyclic) bond motifs is 1. The third-order valence-corrected chi connectivity index (χ3v) is 6.68. The van der Waals surface area contributed by atoms with Gasteiger partial charge in [-0.1, -0.05) is 42.5 Å². The molecule has 7 nitrogen and oxygen atoms in total. The number of ether oxygens (including phenoxy) is 1. The first-order valence-corrected chi connectivity index (χ1v) is 12.0. The highest BCUT2D eigenvalue weighted by atomic mass is 16.5. The number of benzene rings is 2. The lowest BCUT2D eigenvalue weighted by molar-refractivity contribution is 0.246. The second kappa shape index (κ2) is 9.81. The van der Waals surface area contributed by atoms with Crippen molar-refractivity contribution in [1.82, 2.24) is 24.5 Å². The quantitative estimate of drug-likeness (QED) is 0.431. The van der Waals surface area contributed by atoms with Crippen molar-refractivity contribution in [2.45, 2.75) is 38.2 Å². The summed E-state index contributed by atoms with van der Waals surface area (Å²) < 4.78 is 7.97. The van der Waals surface area contributed by atoms with Crippen LogP contribution in [0.15, 0.2) is 60.9 Å². The van der Waals surface area contributed by atoms with E-state index in [9.17, 15) is 0 Å². The van der Waals surface area contributed by atoms with E-state index in [-0.39, 0.29) is 0 Å². The number of nitrogen functional groups attached to an aromatic ring is 1. The second-order valence-corrected chi connectivity index (χ2v) is 9.51. The van der Waals surface area contributed by atoms with Gasteiger partial charge in [0.15, 0.2) is 5.82 Å². The maximum atomic E-state index is 6.34. The molecule has 2 aromatic heterocycles. The zero-order valence-corrected chi connectivity index (χ0v) is 19.9. The van der Waals surface area contributed by atoms with Gasteiger partial charge in [-0.3, -0.25) is 0 Å². The van der Waals surface area contributed by atoms with Crippen molar-refractivity contribution in [3.63, 3.8) is 0 Å². The lowest BCUT2D eigenvalue weighted by atomic mass is 9.81. The molecule has 2 heterocycles. The molecular weight excluding hydrogens is 424 g/mol. The first kappa shape index (κ1) is 22.3. The maximum Gasteiger partial charge on any atom is 0.153 e. The van der Waals surface area contributed by atoms with Gasteiger partial charge in [0.2, 0.25) is 0 Å². The fourth-order valence-electron chi connectivity index (χ4n) is 5.04. The van der Waals surface area contributed by atoms with Crippen LogP contribution in [0.3, 0.4) is 0 Å². The molecular formula is C27H32N6O. The van der Waals surface area contributed by atoms with Crippen molar-refractivity contribution in [3.05, 3.63) is 72.3 Å². The number of nitrogens with two attached hydrogens (primary N) is 1. The van der Waals surface area contributed by atoms with Crippen molar-refractivity contribution in [2.24, 2.45) is 5.92 Å². The van der Waals surface area contributed by atoms with Gasteiger partial charge in [0, 0.05) is 18.0 Å². The second-order valence-electron chi connectivity index (χ2n) is 9.51. The van der Waals surface area contributed by atoms with Crippen molar-refractivity contribution in [1.29, 1.82) is 0 Å². The fourth-order valence-corrected chi connectivity index (χ4v) is 5.04. The SMILES string of the molecule is CN(C)CC1CCC(c2nc(-c3cccc(OCc4ccccc4)c3)c3c(N)ncnn23)CC1. The highest BCUT2D eigenvalue weighted by molar-refractivity contribution is 5.85. The molecule has 0 saturated heterocycles. The van der Waals surface area contributed by atoms with Crippen LogP contribution < -0.4 is 10.5 Å².